The van der Waals surface area contributed by atoms with Crippen molar-refractivity contribution in [2.24, 2.45) is 0 Å². The number of hydrogen-bond acceptors (Lipinski definition) is 4. The van der Waals surface area contributed by atoms with Crippen LogP contribution in [0.5, 0.6) is 0 Å². The van der Waals surface area contributed by atoms with E-state index in [1.165, 1.54) is 22.9 Å². The highest BCUT2D eigenvalue weighted by molar-refractivity contribution is 5.40. The molecule has 1 aromatic carbocycles. The van der Waals surface area contributed by atoms with Crippen LogP contribution >= 0.6 is 0 Å². The number of halogens is 1. The van der Waals surface area contributed by atoms with Gasteiger partial charge in [-0.3, -0.25) is 14.8 Å². The first-order valence-electron chi connectivity index (χ1n) is 5.81. The zero-order valence-electron chi connectivity index (χ0n) is 10.9. The summed E-state index contributed by atoms with van der Waals surface area (Å²) in [6.07, 6.45) is 0. The van der Waals surface area contributed by atoms with E-state index in [4.69, 9.17) is 5.26 Å². The van der Waals surface area contributed by atoms with Crippen LogP contribution in [0.15, 0.2) is 18.2 Å². The first-order valence-corrected chi connectivity index (χ1v) is 5.81. The van der Waals surface area contributed by atoms with Crippen LogP contribution < -0.4 is 0 Å². The van der Waals surface area contributed by atoms with Crippen molar-refractivity contribution in [1.29, 1.82) is 5.26 Å². The van der Waals surface area contributed by atoms with Crippen LogP contribution in [0.25, 0.3) is 0 Å². The highest BCUT2D eigenvalue weighted by Crippen LogP contribution is 2.22. The molecule has 20 heavy (non-hydrogen) atoms. The number of nitro groups is 1. The van der Waals surface area contributed by atoms with Gasteiger partial charge in [0.25, 0.3) is 0 Å². The highest BCUT2D eigenvalue weighted by Gasteiger charge is 2.21. The number of rotatable bonds is 3. The fourth-order valence-electron chi connectivity index (χ4n) is 2.04. The van der Waals surface area contributed by atoms with Gasteiger partial charge in [0.05, 0.1) is 17.0 Å². The van der Waals surface area contributed by atoms with Gasteiger partial charge in [0.2, 0.25) is 0 Å². The van der Waals surface area contributed by atoms with E-state index in [0.29, 0.717) is 17.0 Å². The van der Waals surface area contributed by atoms with Gasteiger partial charge in [-0.1, -0.05) is 6.07 Å². The second kappa shape index (κ2) is 5.09. The molecule has 0 amide bonds. The molecule has 0 N–H and O–H groups in total. The monoisotopic (exact) mass is 274 g/mol. The summed E-state index contributed by atoms with van der Waals surface area (Å²) >= 11 is 0. The molecule has 0 atom stereocenters. The number of aromatic nitrogens is 2. The molecule has 0 fully saturated rings. The number of nitriles is 1. The van der Waals surface area contributed by atoms with Crippen molar-refractivity contribution in [1.82, 2.24) is 9.78 Å². The Morgan fingerprint density at radius 1 is 1.50 bits per heavy atom. The minimum Gasteiger partial charge on any atom is -0.258 e. The molecule has 6 nitrogen and oxygen atoms in total. The second-order valence-corrected chi connectivity index (χ2v) is 4.36. The Kier molecular flexibility index (Phi) is 3.48. The van der Waals surface area contributed by atoms with E-state index in [1.54, 1.807) is 19.9 Å². The van der Waals surface area contributed by atoms with E-state index in [-0.39, 0.29) is 17.8 Å². The molecule has 1 heterocycles. The lowest BCUT2D eigenvalue weighted by atomic mass is 10.1. The average molecular weight is 274 g/mol. The highest BCUT2D eigenvalue weighted by atomic mass is 19.1. The van der Waals surface area contributed by atoms with Gasteiger partial charge >= 0.3 is 5.69 Å². The first kappa shape index (κ1) is 13.7. The SMILES string of the molecule is Cc1nn(Cc2ccc(F)c(C#N)c2)c(C)c1[N+](=O)[O-]. The lowest BCUT2D eigenvalue weighted by Crippen LogP contribution is -2.05. The topological polar surface area (TPSA) is 84.8 Å². The molecular weight excluding hydrogens is 263 g/mol. The Balaban J connectivity index is 2.39. The van der Waals surface area contributed by atoms with E-state index >= 15 is 0 Å². The van der Waals surface area contributed by atoms with Crippen LogP contribution in [0.4, 0.5) is 10.1 Å². The fourth-order valence-corrected chi connectivity index (χ4v) is 2.04. The zero-order valence-corrected chi connectivity index (χ0v) is 10.9. The van der Waals surface area contributed by atoms with Crippen LogP contribution in [-0.2, 0) is 6.54 Å². The van der Waals surface area contributed by atoms with Gasteiger partial charge in [-0.05, 0) is 31.5 Å². The molecule has 7 heteroatoms. The standard InChI is InChI=1S/C13H11FN4O2/c1-8-13(18(19)20)9(2)17(16-8)7-10-3-4-12(14)11(5-10)6-15/h3-5H,7H2,1-2H3. The molecule has 0 unspecified atom stereocenters. The summed E-state index contributed by atoms with van der Waals surface area (Å²) in [5, 5.41) is 23.8. The number of hydrogen-bond donors (Lipinski definition) is 0. The Bertz CT molecular complexity index is 731. The second-order valence-electron chi connectivity index (χ2n) is 4.36. The predicted molar refractivity (Wildman–Crippen MR) is 68.6 cm³/mol. The summed E-state index contributed by atoms with van der Waals surface area (Å²) < 4.78 is 14.7. The normalized spacial score (nSPS) is 10.3. The van der Waals surface area contributed by atoms with Gasteiger partial charge in [-0.25, -0.2) is 4.39 Å². The molecule has 0 aliphatic carbocycles. The van der Waals surface area contributed by atoms with Crippen LogP contribution in [-0.4, -0.2) is 14.7 Å². The van der Waals surface area contributed by atoms with Crippen molar-refractivity contribution in [2.45, 2.75) is 20.4 Å². The summed E-state index contributed by atoms with van der Waals surface area (Å²) in [7, 11) is 0. The van der Waals surface area contributed by atoms with E-state index in [0.717, 1.165) is 0 Å². The summed E-state index contributed by atoms with van der Waals surface area (Å²) in [4.78, 5) is 10.4. The maximum absolute atomic E-state index is 13.2. The third-order valence-electron chi connectivity index (χ3n) is 3.01. The van der Waals surface area contributed by atoms with Crippen molar-refractivity contribution in [3.63, 3.8) is 0 Å². The molecule has 0 radical (unpaired) electrons. The van der Waals surface area contributed by atoms with Crippen molar-refractivity contribution >= 4 is 5.69 Å². The molecule has 2 rings (SSSR count). The largest absolute Gasteiger partial charge is 0.312 e. The van der Waals surface area contributed by atoms with Crippen LogP contribution in [0, 0.1) is 41.1 Å². The van der Waals surface area contributed by atoms with Gasteiger partial charge in [-0.15, -0.1) is 0 Å². The van der Waals surface area contributed by atoms with Crippen molar-refractivity contribution in [3.05, 3.63) is 56.6 Å². The van der Waals surface area contributed by atoms with Gasteiger partial charge in [0.1, 0.15) is 23.3 Å². The van der Waals surface area contributed by atoms with E-state index < -0.39 is 10.7 Å². The molecule has 0 aliphatic rings. The zero-order chi connectivity index (χ0) is 14.9. The summed E-state index contributed by atoms with van der Waals surface area (Å²) in [5.74, 6) is -0.587. The Morgan fingerprint density at radius 2 is 2.20 bits per heavy atom. The van der Waals surface area contributed by atoms with Crippen LogP contribution in [0.1, 0.15) is 22.5 Å². The lowest BCUT2D eigenvalue weighted by molar-refractivity contribution is -0.386. The number of nitrogens with zero attached hydrogens (tertiary/aromatic N) is 4. The average Bonchev–Trinajstić information content (AvgIpc) is 2.66. The van der Waals surface area contributed by atoms with Crippen LogP contribution in [0.3, 0.4) is 0 Å². The minimum absolute atomic E-state index is 0.0207. The van der Waals surface area contributed by atoms with Gasteiger partial charge in [0.15, 0.2) is 0 Å². The summed E-state index contributed by atoms with van der Waals surface area (Å²) in [6, 6.07) is 5.90. The first-order chi connectivity index (χ1) is 9.43. The molecule has 0 saturated carbocycles. The maximum atomic E-state index is 13.2. The van der Waals surface area contributed by atoms with Crippen molar-refractivity contribution < 1.29 is 9.31 Å². The Morgan fingerprint density at radius 3 is 2.75 bits per heavy atom. The summed E-state index contributed by atoms with van der Waals surface area (Å²) in [5.41, 5.74) is 1.33. The molecule has 0 bridgehead atoms. The Labute approximate surface area is 114 Å². The predicted octanol–water partition coefficient (Wildman–Crippen LogP) is 2.47. The third kappa shape index (κ3) is 2.36. The molecule has 0 aliphatic heterocycles. The van der Waals surface area contributed by atoms with E-state index in [2.05, 4.69) is 5.10 Å². The lowest BCUT2D eigenvalue weighted by Gasteiger charge is -2.04. The fraction of sp³-hybridized carbons (Fsp3) is 0.231. The number of benzene rings is 1. The molecule has 1 aromatic heterocycles. The quantitative estimate of drug-likeness (QED) is 0.635. The molecular formula is C13H11FN4O2. The number of aryl methyl sites for hydroxylation is 1. The Hall–Kier alpha value is -2.75. The van der Waals surface area contributed by atoms with Gasteiger partial charge in [-0.2, -0.15) is 10.4 Å². The van der Waals surface area contributed by atoms with Crippen molar-refractivity contribution in [2.75, 3.05) is 0 Å². The van der Waals surface area contributed by atoms with E-state index in [1.807, 2.05) is 0 Å². The van der Waals surface area contributed by atoms with Crippen LogP contribution in [0.2, 0.25) is 0 Å². The summed E-state index contributed by atoms with van der Waals surface area (Å²) in [6.45, 7) is 3.41. The minimum atomic E-state index is -0.587. The smallest absolute Gasteiger partial charge is 0.258 e. The molecule has 102 valence electrons. The van der Waals surface area contributed by atoms with Gasteiger partial charge < -0.3 is 0 Å². The molecule has 2 aromatic rings. The van der Waals surface area contributed by atoms with E-state index in [9.17, 15) is 14.5 Å². The maximum Gasteiger partial charge on any atom is 0.312 e. The third-order valence-corrected chi connectivity index (χ3v) is 3.01. The molecule has 0 saturated heterocycles. The van der Waals surface area contributed by atoms with Crippen molar-refractivity contribution in [3.8, 4) is 6.07 Å². The molecule has 0 spiro atoms. The van der Waals surface area contributed by atoms with Gasteiger partial charge in [0, 0.05) is 0 Å².